The summed E-state index contributed by atoms with van der Waals surface area (Å²) in [5, 5.41) is 3.23. The maximum Gasteiger partial charge on any atom is 0.471 e. The number of fused-ring (bicyclic) bond motifs is 1. The molecule has 0 saturated carbocycles. The zero-order chi connectivity index (χ0) is 17.7. The van der Waals surface area contributed by atoms with Crippen molar-refractivity contribution in [2.75, 3.05) is 6.54 Å². The van der Waals surface area contributed by atoms with E-state index in [1.807, 2.05) is 0 Å². The van der Waals surface area contributed by atoms with E-state index in [4.69, 9.17) is 0 Å². The molecule has 0 aromatic carbocycles. The lowest BCUT2D eigenvalue weighted by Gasteiger charge is -2.27. The third-order valence-corrected chi connectivity index (χ3v) is 4.46. The van der Waals surface area contributed by atoms with Gasteiger partial charge in [-0.3, -0.25) is 4.79 Å². The monoisotopic (exact) mass is 371 g/mol. The first kappa shape index (κ1) is 16.7. The number of thiophene rings is 1. The first-order valence-corrected chi connectivity index (χ1v) is 7.26. The molecule has 12 heteroatoms. The van der Waals surface area contributed by atoms with Gasteiger partial charge in [0.25, 0.3) is 0 Å². The quantitative estimate of drug-likeness (QED) is 0.722. The number of carbonyl (C=O) groups is 1. The molecule has 0 unspecified atom stereocenters. The average Bonchev–Trinajstić information content (AvgIpc) is 3.10. The Labute approximate surface area is 133 Å². The molecule has 0 bridgehead atoms. The van der Waals surface area contributed by atoms with E-state index in [1.54, 1.807) is 0 Å². The molecule has 0 fully saturated rings. The molecule has 2 aromatic rings. The van der Waals surface area contributed by atoms with Gasteiger partial charge in [0.05, 0.1) is 11.4 Å². The largest absolute Gasteiger partial charge is 0.471 e. The van der Waals surface area contributed by atoms with Crippen LogP contribution in [0.2, 0.25) is 0 Å². The molecular weight excluding hydrogens is 364 g/mol. The van der Waals surface area contributed by atoms with Gasteiger partial charge in [-0.05, 0) is 18.1 Å². The van der Waals surface area contributed by atoms with Crippen LogP contribution in [-0.2, 0) is 23.9 Å². The predicted octanol–water partition coefficient (Wildman–Crippen LogP) is 3.26. The van der Waals surface area contributed by atoms with E-state index in [9.17, 15) is 31.1 Å². The minimum Gasteiger partial charge on any atom is -0.329 e. The molecule has 1 aliphatic rings. The molecule has 0 saturated heterocycles. The van der Waals surface area contributed by atoms with E-state index in [-0.39, 0.29) is 30.2 Å². The summed E-state index contributed by atoms with van der Waals surface area (Å²) in [6, 6.07) is 1.50. The summed E-state index contributed by atoms with van der Waals surface area (Å²) < 4.78 is 78.9. The summed E-state index contributed by atoms with van der Waals surface area (Å²) in [4.78, 5) is 15.8. The van der Waals surface area contributed by atoms with Crippen molar-refractivity contribution in [3.63, 3.8) is 0 Å². The highest BCUT2D eigenvalue weighted by Gasteiger charge is 2.43. The molecule has 2 aromatic heterocycles. The maximum atomic E-state index is 12.5. The highest BCUT2D eigenvalue weighted by Crippen LogP contribution is 2.36. The normalized spacial score (nSPS) is 15.5. The number of rotatable bonds is 1. The van der Waals surface area contributed by atoms with Crippen molar-refractivity contribution < 1.29 is 35.7 Å². The Bertz CT molecular complexity index is 779. The van der Waals surface area contributed by atoms with Gasteiger partial charge >= 0.3 is 24.2 Å². The van der Waals surface area contributed by atoms with E-state index in [0.29, 0.717) is 15.3 Å². The van der Waals surface area contributed by atoms with Gasteiger partial charge in [0.2, 0.25) is 5.82 Å². The van der Waals surface area contributed by atoms with Crippen LogP contribution in [0.4, 0.5) is 26.3 Å². The van der Waals surface area contributed by atoms with Gasteiger partial charge in [-0.1, -0.05) is 5.16 Å². The molecule has 3 heterocycles. The number of hydrogen-bond donors (Lipinski definition) is 0. The zero-order valence-electron chi connectivity index (χ0n) is 11.5. The number of halogens is 6. The molecule has 0 atom stereocenters. The highest BCUT2D eigenvalue weighted by atomic mass is 32.1. The lowest BCUT2D eigenvalue weighted by atomic mass is 10.1. The summed E-state index contributed by atoms with van der Waals surface area (Å²) in [6.07, 6.45) is -9.58. The summed E-state index contributed by atoms with van der Waals surface area (Å²) >= 11 is 0.931. The number of amides is 1. The van der Waals surface area contributed by atoms with Crippen molar-refractivity contribution in [3.05, 3.63) is 22.4 Å². The first-order valence-electron chi connectivity index (χ1n) is 6.44. The minimum absolute atomic E-state index is 0.123. The van der Waals surface area contributed by atoms with Crippen molar-refractivity contribution >= 4 is 17.2 Å². The van der Waals surface area contributed by atoms with Gasteiger partial charge in [0, 0.05) is 11.4 Å². The van der Waals surface area contributed by atoms with Gasteiger partial charge in [-0.25, -0.2) is 0 Å². The van der Waals surface area contributed by atoms with Crippen molar-refractivity contribution in [2.24, 2.45) is 0 Å². The SMILES string of the molecule is O=C(N1CCc2cc(-c3noc(C(F)(F)F)n3)sc2C1)C(F)(F)F. The van der Waals surface area contributed by atoms with Crippen LogP contribution >= 0.6 is 11.3 Å². The van der Waals surface area contributed by atoms with Gasteiger partial charge in [-0.15, -0.1) is 11.3 Å². The Kier molecular flexibility index (Phi) is 3.81. The molecule has 0 aliphatic carbocycles. The summed E-state index contributed by atoms with van der Waals surface area (Å²) in [6.45, 7) is -0.385. The summed E-state index contributed by atoms with van der Waals surface area (Å²) in [7, 11) is 0. The number of nitrogens with zero attached hydrogens (tertiary/aromatic N) is 3. The van der Waals surface area contributed by atoms with Crippen LogP contribution in [0.25, 0.3) is 10.7 Å². The smallest absolute Gasteiger partial charge is 0.329 e. The predicted molar refractivity (Wildman–Crippen MR) is 67.8 cm³/mol. The van der Waals surface area contributed by atoms with Crippen LogP contribution in [-0.4, -0.2) is 33.7 Å². The average molecular weight is 371 g/mol. The van der Waals surface area contributed by atoms with Crippen LogP contribution in [0, 0.1) is 0 Å². The van der Waals surface area contributed by atoms with Crippen LogP contribution in [0.1, 0.15) is 16.3 Å². The van der Waals surface area contributed by atoms with Gasteiger partial charge in [-0.2, -0.15) is 31.3 Å². The molecular formula is C12H7F6N3O2S. The van der Waals surface area contributed by atoms with Crippen molar-refractivity contribution in [1.29, 1.82) is 0 Å². The number of alkyl halides is 6. The van der Waals surface area contributed by atoms with Crippen molar-refractivity contribution in [3.8, 4) is 10.7 Å². The van der Waals surface area contributed by atoms with Gasteiger partial charge in [0.1, 0.15) is 0 Å². The molecule has 0 radical (unpaired) electrons. The fourth-order valence-corrected chi connectivity index (χ4v) is 3.37. The molecule has 0 N–H and O–H groups in total. The zero-order valence-corrected chi connectivity index (χ0v) is 12.3. The van der Waals surface area contributed by atoms with Crippen molar-refractivity contribution in [1.82, 2.24) is 15.0 Å². The molecule has 24 heavy (non-hydrogen) atoms. The number of hydrogen-bond acceptors (Lipinski definition) is 5. The Morgan fingerprint density at radius 3 is 2.54 bits per heavy atom. The Morgan fingerprint density at radius 1 is 1.25 bits per heavy atom. The van der Waals surface area contributed by atoms with E-state index in [1.165, 1.54) is 6.07 Å². The van der Waals surface area contributed by atoms with Crippen LogP contribution in [0.15, 0.2) is 10.6 Å². The van der Waals surface area contributed by atoms with E-state index < -0.39 is 24.2 Å². The molecule has 0 spiro atoms. The van der Waals surface area contributed by atoms with E-state index >= 15 is 0 Å². The Balaban J connectivity index is 1.83. The second kappa shape index (κ2) is 5.46. The van der Waals surface area contributed by atoms with Crippen LogP contribution < -0.4 is 0 Å². The van der Waals surface area contributed by atoms with E-state index in [0.717, 1.165) is 11.3 Å². The third-order valence-electron chi connectivity index (χ3n) is 3.30. The standard InChI is InChI=1S/C12H7F6N3O2S/c13-11(14,15)9-19-8(20-23-9)6-3-5-1-2-21(4-7(5)24-6)10(22)12(16,17)18/h3H,1-2,4H2. The minimum atomic E-state index is -4.97. The topological polar surface area (TPSA) is 59.2 Å². The fraction of sp³-hybridized carbons (Fsp3) is 0.417. The molecule has 130 valence electrons. The molecule has 1 amide bonds. The molecule has 1 aliphatic heterocycles. The van der Waals surface area contributed by atoms with Crippen LogP contribution in [0.3, 0.4) is 0 Å². The molecule has 3 rings (SSSR count). The fourth-order valence-electron chi connectivity index (χ4n) is 2.22. The van der Waals surface area contributed by atoms with Crippen LogP contribution in [0.5, 0.6) is 0 Å². The highest BCUT2D eigenvalue weighted by molar-refractivity contribution is 7.15. The van der Waals surface area contributed by atoms with Gasteiger partial charge in [0.15, 0.2) is 0 Å². The summed E-state index contributed by atoms with van der Waals surface area (Å²) in [5.74, 6) is -3.74. The maximum absolute atomic E-state index is 12.5. The summed E-state index contributed by atoms with van der Waals surface area (Å²) in [5.41, 5.74) is 0.652. The number of carbonyl (C=O) groups excluding carboxylic acids is 1. The first-order chi connectivity index (χ1) is 11.1. The second-order valence-corrected chi connectivity index (χ2v) is 6.09. The molecule has 5 nitrogen and oxygen atoms in total. The number of aromatic nitrogens is 2. The third kappa shape index (κ3) is 3.09. The van der Waals surface area contributed by atoms with E-state index in [2.05, 4.69) is 14.7 Å². The Morgan fingerprint density at radius 2 is 1.96 bits per heavy atom. The lowest BCUT2D eigenvalue weighted by Crippen LogP contribution is -2.43. The van der Waals surface area contributed by atoms with Crippen molar-refractivity contribution in [2.45, 2.75) is 25.3 Å². The second-order valence-electron chi connectivity index (χ2n) is 4.95. The lowest BCUT2D eigenvalue weighted by molar-refractivity contribution is -0.186. The van der Waals surface area contributed by atoms with Gasteiger partial charge < -0.3 is 9.42 Å². The Hall–Kier alpha value is -2.11.